The highest BCUT2D eigenvalue weighted by Crippen LogP contribution is 2.54. The number of sulfonamides is 1. The van der Waals surface area contributed by atoms with Crippen LogP contribution in [0.25, 0.3) is 0 Å². The average Bonchev–Trinajstić information content (AvgIpc) is 2.99. The van der Waals surface area contributed by atoms with E-state index >= 15 is 0 Å². The molecule has 0 unspecified atom stereocenters. The van der Waals surface area contributed by atoms with Crippen molar-refractivity contribution in [2.75, 3.05) is 0 Å². The van der Waals surface area contributed by atoms with Gasteiger partial charge in [0.05, 0.1) is 10.4 Å². The van der Waals surface area contributed by atoms with Crippen molar-refractivity contribution in [3.63, 3.8) is 0 Å². The zero-order valence-corrected chi connectivity index (χ0v) is 18.5. The summed E-state index contributed by atoms with van der Waals surface area (Å²) in [6.45, 7) is 10.4. The molecule has 4 heteroatoms. The fourth-order valence-electron chi connectivity index (χ4n) is 4.57. The fraction of sp³-hybridized carbons (Fsp3) is 0.231. The van der Waals surface area contributed by atoms with Crippen molar-refractivity contribution in [2.45, 2.75) is 43.0 Å². The van der Waals surface area contributed by atoms with Crippen molar-refractivity contribution in [3.05, 3.63) is 113 Å². The highest BCUT2D eigenvalue weighted by atomic mass is 32.2. The van der Waals surface area contributed by atoms with E-state index in [-0.39, 0.29) is 10.3 Å². The van der Waals surface area contributed by atoms with Gasteiger partial charge in [-0.2, -0.15) is 4.72 Å². The Morgan fingerprint density at radius 2 is 1.47 bits per heavy atom. The zero-order valence-electron chi connectivity index (χ0n) is 17.6. The second-order valence-electron chi connectivity index (χ2n) is 8.52. The van der Waals surface area contributed by atoms with Crippen LogP contribution in [0, 0.1) is 6.92 Å². The molecule has 0 radical (unpaired) electrons. The Hall–Kier alpha value is -2.69. The molecule has 1 aliphatic carbocycles. The predicted octanol–water partition coefficient (Wildman–Crippen LogP) is 5.45. The molecule has 0 saturated carbocycles. The summed E-state index contributed by atoms with van der Waals surface area (Å²) in [5.41, 5.74) is 3.84. The van der Waals surface area contributed by atoms with Crippen molar-refractivity contribution < 1.29 is 8.42 Å². The summed E-state index contributed by atoms with van der Waals surface area (Å²) in [6, 6.07) is 24.9. The lowest BCUT2D eigenvalue weighted by atomic mass is 9.76. The van der Waals surface area contributed by atoms with E-state index in [1.807, 2.05) is 74.5 Å². The molecule has 3 aromatic rings. The Bertz CT molecular complexity index is 1200. The molecule has 0 saturated heterocycles. The van der Waals surface area contributed by atoms with Crippen molar-refractivity contribution >= 4 is 10.0 Å². The number of rotatable bonds is 5. The third-order valence-electron chi connectivity index (χ3n) is 6.45. The van der Waals surface area contributed by atoms with Crippen molar-refractivity contribution in [1.29, 1.82) is 0 Å². The van der Waals surface area contributed by atoms with Crippen LogP contribution in [-0.4, -0.2) is 8.42 Å². The van der Waals surface area contributed by atoms with Gasteiger partial charge in [-0.25, -0.2) is 8.42 Å². The fourth-order valence-corrected chi connectivity index (χ4v) is 5.94. The molecular formula is C26H27NO2S. The smallest absolute Gasteiger partial charge is 0.207 e. The van der Waals surface area contributed by atoms with Gasteiger partial charge in [0.25, 0.3) is 0 Å². The molecule has 0 aliphatic heterocycles. The normalized spacial score (nSPS) is 23.2. The van der Waals surface area contributed by atoms with E-state index in [1.54, 1.807) is 12.1 Å². The summed E-state index contributed by atoms with van der Waals surface area (Å²) in [6.07, 6.45) is 0.573. The molecule has 0 amide bonds. The van der Waals surface area contributed by atoms with Crippen LogP contribution >= 0.6 is 0 Å². The first-order chi connectivity index (χ1) is 14.2. The van der Waals surface area contributed by atoms with Crippen LogP contribution in [0.1, 0.15) is 42.5 Å². The van der Waals surface area contributed by atoms with Crippen molar-refractivity contribution in [3.8, 4) is 0 Å². The molecule has 0 spiro atoms. The van der Waals surface area contributed by atoms with Crippen LogP contribution in [0.2, 0.25) is 0 Å². The minimum Gasteiger partial charge on any atom is -0.207 e. The number of hydrogen-bond acceptors (Lipinski definition) is 2. The third kappa shape index (κ3) is 3.21. The maximum atomic E-state index is 13.5. The molecule has 3 nitrogen and oxygen atoms in total. The quantitative estimate of drug-likeness (QED) is 0.561. The molecule has 30 heavy (non-hydrogen) atoms. The molecule has 1 N–H and O–H groups in total. The lowest BCUT2D eigenvalue weighted by Crippen LogP contribution is -2.46. The molecule has 0 aromatic heterocycles. The monoisotopic (exact) mass is 417 g/mol. The summed E-state index contributed by atoms with van der Waals surface area (Å²) < 4.78 is 30.2. The number of benzene rings is 3. The molecule has 1 aliphatic rings. The second-order valence-corrected chi connectivity index (χ2v) is 10.2. The standard InChI is InChI=1S/C26H27NO2S/c1-19(2)25(4)18-26(21-10-6-5-7-11-21,24-13-9-8-12-23(24)25)27-30(28,29)22-16-14-20(3)15-17-22/h5-17,27H,1,18H2,2-4H3/t25-,26+/m1/s1. The third-order valence-corrected chi connectivity index (χ3v) is 7.96. The maximum absolute atomic E-state index is 13.5. The van der Waals surface area contributed by atoms with Gasteiger partial charge >= 0.3 is 0 Å². The number of nitrogens with one attached hydrogen (secondary N) is 1. The predicted molar refractivity (Wildman–Crippen MR) is 122 cm³/mol. The van der Waals surface area contributed by atoms with Gasteiger partial charge in [-0.1, -0.05) is 91.4 Å². The molecule has 3 aromatic carbocycles. The SMILES string of the molecule is C=C(C)[C@@]1(C)C[C@](NS(=O)(=O)c2ccc(C)cc2)(c2ccccc2)c2ccccc21. The Balaban J connectivity index is 1.95. The lowest BCUT2D eigenvalue weighted by molar-refractivity contribution is 0.393. The van der Waals surface area contributed by atoms with Gasteiger partial charge in [0.2, 0.25) is 10.0 Å². The van der Waals surface area contributed by atoms with Gasteiger partial charge in [0, 0.05) is 5.41 Å². The highest BCUT2D eigenvalue weighted by Gasteiger charge is 2.52. The van der Waals surface area contributed by atoms with E-state index in [0.717, 1.165) is 27.8 Å². The van der Waals surface area contributed by atoms with Gasteiger partial charge in [0.15, 0.2) is 0 Å². The van der Waals surface area contributed by atoms with E-state index in [9.17, 15) is 8.42 Å². The average molecular weight is 418 g/mol. The first-order valence-corrected chi connectivity index (χ1v) is 11.6. The van der Waals surface area contributed by atoms with Crippen molar-refractivity contribution in [2.24, 2.45) is 0 Å². The molecule has 0 fully saturated rings. The Kier molecular flexibility index (Phi) is 4.95. The summed E-state index contributed by atoms with van der Waals surface area (Å²) in [5.74, 6) is 0. The number of allylic oxidation sites excluding steroid dienone is 1. The molecule has 154 valence electrons. The summed E-state index contributed by atoms with van der Waals surface area (Å²) in [5, 5.41) is 0. The molecule has 2 atom stereocenters. The number of fused-ring (bicyclic) bond motifs is 1. The number of aryl methyl sites for hydroxylation is 1. The van der Waals surface area contributed by atoms with E-state index in [1.165, 1.54) is 0 Å². The van der Waals surface area contributed by atoms with E-state index in [0.29, 0.717) is 6.42 Å². The lowest BCUT2D eigenvalue weighted by Gasteiger charge is -2.35. The largest absolute Gasteiger partial charge is 0.241 e. The van der Waals surface area contributed by atoms with Gasteiger partial charge in [0.1, 0.15) is 0 Å². The molecule has 4 rings (SSSR count). The second kappa shape index (κ2) is 7.22. The summed E-state index contributed by atoms with van der Waals surface area (Å²) >= 11 is 0. The van der Waals surface area contributed by atoms with Crippen LogP contribution in [-0.2, 0) is 21.0 Å². The number of hydrogen-bond donors (Lipinski definition) is 1. The van der Waals surface area contributed by atoms with Gasteiger partial charge in [-0.3, -0.25) is 0 Å². The first-order valence-electron chi connectivity index (χ1n) is 10.1. The first kappa shape index (κ1) is 20.6. The van der Waals surface area contributed by atoms with E-state index in [4.69, 9.17) is 0 Å². The van der Waals surface area contributed by atoms with Crippen LogP contribution < -0.4 is 4.72 Å². The van der Waals surface area contributed by atoms with Gasteiger partial charge in [-0.15, -0.1) is 0 Å². The minimum absolute atomic E-state index is 0.268. The Morgan fingerprint density at radius 3 is 2.07 bits per heavy atom. The van der Waals surface area contributed by atoms with Crippen LogP contribution in [0.4, 0.5) is 0 Å². The van der Waals surface area contributed by atoms with Crippen LogP contribution in [0.5, 0.6) is 0 Å². The Labute approximate surface area is 179 Å². The summed E-state index contributed by atoms with van der Waals surface area (Å²) in [7, 11) is -3.77. The van der Waals surface area contributed by atoms with E-state index in [2.05, 4.69) is 24.3 Å². The molecule has 0 bridgehead atoms. The molecule has 0 heterocycles. The zero-order chi connectivity index (χ0) is 21.6. The Morgan fingerprint density at radius 1 is 0.900 bits per heavy atom. The highest BCUT2D eigenvalue weighted by molar-refractivity contribution is 7.89. The molecular weight excluding hydrogens is 390 g/mol. The van der Waals surface area contributed by atoms with Gasteiger partial charge < -0.3 is 0 Å². The van der Waals surface area contributed by atoms with Crippen LogP contribution in [0.15, 0.2) is 95.9 Å². The summed E-state index contributed by atoms with van der Waals surface area (Å²) in [4.78, 5) is 0.268. The van der Waals surface area contributed by atoms with Crippen LogP contribution in [0.3, 0.4) is 0 Å². The van der Waals surface area contributed by atoms with E-state index < -0.39 is 15.6 Å². The van der Waals surface area contributed by atoms with Gasteiger partial charge in [-0.05, 0) is 49.1 Å². The topological polar surface area (TPSA) is 46.2 Å². The maximum Gasteiger partial charge on any atom is 0.241 e. The van der Waals surface area contributed by atoms with Crippen molar-refractivity contribution in [1.82, 2.24) is 4.72 Å². The minimum atomic E-state index is -3.77.